The molecule has 2 aliphatic rings. The van der Waals surface area contributed by atoms with Gasteiger partial charge in [-0.1, -0.05) is 23.2 Å². The summed E-state index contributed by atoms with van der Waals surface area (Å²) >= 11 is 16.7. The first-order chi connectivity index (χ1) is 14.3. The highest BCUT2D eigenvalue weighted by Crippen LogP contribution is 2.46. The number of amides is 1. The topological polar surface area (TPSA) is 36.4 Å². The minimum atomic E-state index is 0.126. The predicted octanol–water partition coefficient (Wildman–Crippen LogP) is 5.18. The molecule has 0 bridgehead atoms. The van der Waals surface area contributed by atoms with Crippen LogP contribution in [0.4, 0.5) is 0 Å². The van der Waals surface area contributed by atoms with Crippen LogP contribution >= 0.6 is 39.1 Å². The number of hydrogen-bond acceptors (Lipinski definition) is 3. The molecule has 2 heterocycles. The van der Waals surface area contributed by atoms with Crippen LogP contribution in [0.5, 0.6) is 0 Å². The SMILES string of the molecule is CN(C)CC(=O)N1CCC(C2c3ncc(Br)cc3CCc3cc(Cl)cc(Cl)c32)CC1. The van der Waals surface area contributed by atoms with Crippen LogP contribution in [0.2, 0.25) is 10.0 Å². The molecule has 0 spiro atoms. The molecule has 2 aromatic rings. The first kappa shape index (κ1) is 22.1. The van der Waals surface area contributed by atoms with Crippen molar-refractivity contribution in [3.8, 4) is 0 Å². The number of benzene rings is 1. The molecular formula is C23H26BrCl2N3O. The third-order valence-corrected chi connectivity index (χ3v) is 7.20. The van der Waals surface area contributed by atoms with E-state index in [-0.39, 0.29) is 11.8 Å². The molecule has 1 atom stereocenters. The number of nitrogens with zero attached hydrogens (tertiary/aromatic N) is 3. The minimum Gasteiger partial charge on any atom is -0.342 e. The first-order valence-electron chi connectivity index (χ1n) is 10.4. The third-order valence-electron chi connectivity index (χ3n) is 6.23. The van der Waals surface area contributed by atoms with Crippen LogP contribution in [0, 0.1) is 5.92 Å². The fraction of sp³-hybridized carbons (Fsp3) is 0.478. The molecule has 30 heavy (non-hydrogen) atoms. The van der Waals surface area contributed by atoms with Crippen molar-refractivity contribution in [2.24, 2.45) is 5.92 Å². The maximum Gasteiger partial charge on any atom is 0.236 e. The highest BCUT2D eigenvalue weighted by Gasteiger charge is 2.36. The Bertz CT molecular complexity index is 958. The van der Waals surface area contributed by atoms with Crippen molar-refractivity contribution >= 4 is 45.0 Å². The third kappa shape index (κ3) is 4.55. The van der Waals surface area contributed by atoms with E-state index in [9.17, 15) is 4.79 Å². The summed E-state index contributed by atoms with van der Waals surface area (Å²) in [6.07, 6.45) is 5.59. The fourth-order valence-corrected chi connectivity index (χ4v) is 5.91. The van der Waals surface area contributed by atoms with Crippen molar-refractivity contribution in [2.75, 3.05) is 33.7 Å². The molecule has 1 aliphatic carbocycles. The first-order valence-corrected chi connectivity index (χ1v) is 11.9. The van der Waals surface area contributed by atoms with Crippen molar-refractivity contribution in [2.45, 2.75) is 31.6 Å². The van der Waals surface area contributed by atoms with Crippen LogP contribution in [0.25, 0.3) is 0 Å². The highest BCUT2D eigenvalue weighted by molar-refractivity contribution is 9.10. The highest BCUT2D eigenvalue weighted by atomic mass is 79.9. The fourth-order valence-electron chi connectivity index (χ4n) is 4.88. The number of halogens is 3. The van der Waals surface area contributed by atoms with Gasteiger partial charge in [-0.3, -0.25) is 9.78 Å². The van der Waals surface area contributed by atoms with Crippen molar-refractivity contribution < 1.29 is 4.79 Å². The van der Waals surface area contributed by atoms with Crippen molar-refractivity contribution in [3.63, 3.8) is 0 Å². The van der Waals surface area contributed by atoms with Crippen molar-refractivity contribution in [3.05, 3.63) is 61.3 Å². The van der Waals surface area contributed by atoms with Crippen LogP contribution in [0.1, 0.15) is 41.1 Å². The largest absolute Gasteiger partial charge is 0.342 e. The van der Waals surface area contributed by atoms with E-state index in [4.69, 9.17) is 28.2 Å². The lowest BCUT2D eigenvalue weighted by Gasteiger charge is -2.37. The van der Waals surface area contributed by atoms with E-state index in [2.05, 4.69) is 28.1 Å². The van der Waals surface area contributed by atoms with Crippen molar-refractivity contribution in [1.29, 1.82) is 0 Å². The molecule has 1 aliphatic heterocycles. The Hall–Kier alpha value is -1.14. The summed E-state index contributed by atoms with van der Waals surface area (Å²) in [6, 6.07) is 6.10. The smallest absolute Gasteiger partial charge is 0.236 e. The van der Waals surface area contributed by atoms with Gasteiger partial charge in [-0.2, -0.15) is 0 Å². The maximum absolute atomic E-state index is 12.5. The lowest BCUT2D eigenvalue weighted by atomic mass is 9.76. The summed E-state index contributed by atoms with van der Waals surface area (Å²) in [5.74, 6) is 0.713. The molecule has 1 saturated heterocycles. The van der Waals surface area contributed by atoms with Gasteiger partial charge in [-0.25, -0.2) is 0 Å². The number of aromatic nitrogens is 1. The van der Waals surface area contributed by atoms with Gasteiger partial charge in [-0.05, 0) is 96.5 Å². The molecule has 1 aromatic carbocycles. The van der Waals surface area contributed by atoms with E-state index in [1.165, 1.54) is 16.7 Å². The van der Waals surface area contributed by atoms with Crippen LogP contribution in [-0.4, -0.2) is 54.4 Å². The molecule has 0 radical (unpaired) electrons. The average Bonchev–Trinajstić information content (AvgIpc) is 2.84. The number of hydrogen-bond donors (Lipinski definition) is 0. The number of piperidine rings is 1. The van der Waals surface area contributed by atoms with Crippen LogP contribution in [-0.2, 0) is 17.6 Å². The van der Waals surface area contributed by atoms with E-state index >= 15 is 0 Å². The second kappa shape index (κ2) is 9.15. The summed E-state index contributed by atoms with van der Waals surface area (Å²) in [7, 11) is 3.86. The van der Waals surface area contributed by atoms with Gasteiger partial charge in [0.05, 0.1) is 12.2 Å². The Balaban J connectivity index is 1.68. The number of pyridine rings is 1. The molecule has 1 amide bonds. The lowest BCUT2D eigenvalue weighted by Crippen LogP contribution is -2.43. The van der Waals surface area contributed by atoms with Gasteiger partial charge in [0, 0.05) is 39.7 Å². The maximum atomic E-state index is 12.5. The van der Waals surface area contributed by atoms with E-state index < -0.39 is 0 Å². The molecule has 0 saturated carbocycles. The molecule has 1 aromatic heterocycles. The van der Waals surface area contributed by atoms with Gasteiger partial charge in [0.2, 0.25) is 5.91 Å². The monoisotopic (exact) mass is 509 g/mol. The number of likely N-dealkylation sites (tertiary alicyclic amines) is 1. The molecule has 4 rings (SSSR count). The second-order valence-corrected chi connectivity index (χ2v) is 10.4. The number of aryl methyl sites for hydroxylation is 2. The normalized spacial score (nSPS) is 19.4. The molecule has 0 N–H and O–H groups in total. The van der Waals surface area contributed by atoms with Gasteiger partial charge < -0.3 is 9.80 Å². The molecular weight excluding hydrogens is 485 g/mol. The number of rotatable bonds is 3. The quantitative estimate of drug-likeness (QED) is 0.570. The Morgan fingerprint density at radius 2 is 1.87 bits per heavy atom. The summed E-state index contributed by atoms with van der Waals surface area (Å²) in [5.41, 5.74) is 4.79. The number of carbonyl (C=O) groups is 1. The molecule has 1 fully saturated rings. The summed E-state index contributed by atoms with van der Waals surface area (Å²) < 4.78 is 0.999. The second-order valence-electron chi connectivity index (χ2n) is 8.59. The van der Waals surface area contributed by atoms with Gasteiger partial charge in [0.15, 0.2) is 0 Å². The Labute approximate surface area is 196 Å². The zero-order valence-electron chi connectivity index (χ0n) is 17.3. The number of carbonyl (C=O) groups excluding carboxylic acids is 1. The van der Waals surface area contributed by atoms with E-state index in [0.717, 1.165) is 54.0 Å². The Kier molecular flexibility index (Phi) is 6.73. The zero-order chi connectivity index (χ0) is 21.4. The summed E-state index contributed by atoms with van der Waals surface area (Å²) in [5, 5.41) is 1.41. The Morgan fingerprint density at radius 3 is 2.57 bits per heavy atom. The van der Waals surface area contributed by atoms with Crippen LogP contribution in [0.15, 0.2) is 28.9 Å². The van der Waals surface area contributed by atoms with Gasteiger partial charge in [0.25, 0.3) is 0 Å². The number of likely N-dealkylation sites (N-methyl/N-ethyl adjacent to an activating group) is 1. The minimum absolute atomic E-state index is 0.126. The molecule has 7 heteroatoms. The van der Waals surface area contributed by atoms with E-state index in [1.54, 1.807) is 0 Å². The summed E-state index contributed by atoms with van der Waals surface area (Å²) in [4.78, 5) is 21.3. The number of fused-ring (bicyclic) bond motifs is 2. The van der Waals surface area contributed by atoms with Crippen molar-refractivity contribution in [1.82, 2.24) is 14.8 Å². The van der Waals surface area contributed by atoms with Gasteiger partial charge >= 0.3 is 0 Å². The summed E-state index contributed by atoms with van der Waals surface area (Å²) in [6.45, 7) is 2.01. The molecule has 4 nitrogen and oxygen atoms in total. The van der Waals surface area contributed by atoms with Crippen LogP contribution < -0.4 is 0 Å². The zero-order valence-corrected chi connectivity index (χ0v) is 20.4. The van der Waals surface area contributed by atoms with E-state index in [0.29, 0.717) is 17.5 Å². The predicted molar refractivity (Wildman–Crippen MR) is 126 cm³/mol. The Morgan fingerprint density at radius 1 is 1.17 bits per heavy atom. The average molecular weight is 511 g/mol. The standard InChI is InChI=1S/C23H26BrCl2N3O/c1-28(2)13-20(30)29-7-5-14(6-8-29)22-21-15(10-18(25)11-19(21)26)3-4-16-9-17(24)12-27-23(16)22/h9-12,14,22H,3-8,13H2,1-2H3. The molecule has 1 unspecified atom stereocenters. The van der Waals surface area contributed by atoms with Gasteiger partial charge in [-0.15, -0.1) is 0 Å². The van der Waals surface area contributed by atoms with Gasteiger partial charge in [0.1, 0.15) is 0 Å². The molecule has 160 valence electrons. The van der Waals surface area contributed by atoms with Crippen LogP contribution in [0.3, 0.4) is 0 Å². The van der Waals surface area contributed by atoms with E-state index in [1.807, 2.05) is 36.2 Å². The lowest BCUT2D eigenvalue weighted by molar-refractivity contribution is -0.133.